The molecule has 0 N–H and O–H groups in total. The van der Waals surface area contributed by atoms with Crippen LogP contribution in [0.15, 0.2) is 59.5 Å². The van der Waals surface area contributed by atoms with E-state index < -0.39 is 10.0 Å². The first-order valence-corrected chi connectivity index (χ1v) is 8.49. The SMILES string of the molecule is Cc1ccc2c(c1)cc(CCl)n2S(=O)(=O)c1ccccc1. The number of halogens is 1. The molecule has 0 atom stereocenters. The molecule has 3 rings (SSSR count). The minimum atomic E-state index is -3.65. The fourth-order valence-corrected chi connectivity index (χ4v) is 4.27. The van der Waals surface area contributed by atoms with Crippen LogP contribution < -0.4 is 0 Å². The summed E-state index contributed by atoms with van der Waals surface area (Å²) in [5.74, 6) is 0.139. The number of hydrogen-bond donors (Lipinski definition) is 0. The molecule has 1 heterocycles. The molecule has 108 valence electrons. The van der Waals surface area contributed by atoms with Crippen molar-refractivity contribution >= 4 is 32.5 Å². The first kappa shape index (κ1) is 14.2. The van der Waals surface area contributed by atoms with Gasteiger partial charge in [0.25, 0.3) is 10.0 Å². The lowest BCUT2D eigenvalue weighted by molar-refractivity contribution is 0.588. The normalized spacial score (nSPS) is 11.9. The maximum absolute atomic E-state index is 12.9. The van der Waals surface area contributed by atoms with Crippen molar-refractivity contribution in [2.75, 3.05) is 0 Å². The number of rotatable bonds is 3. The van der Waals surface area contributed by atoms with E-state index in [2.05, 4.69) is 0 Å². The third-order valence-electron chi connectivity index (χ3n) is 3.40. The Labute approximate surface area is 128 Å². The van der Waals surface area contributed by atoms with Crippen molar-refractivity contribution in [3.8, 4) is 0 Å². The number of aromatic nitrogens is 1. The molecular formula is C16H14ClNO2S. The van der Waals surface area contributed by atoms with E-state index in [1.807, 2.05) is 31.2 Å². The molecule has 0 spiro atoms. The Kier molecular flexibility index (Phi) is 3.51. The number of alkyl halides is 1. The van der Waals surface area contributed by atoms with Gasteiger partial charge >= 0.3 is 0 Å². The fourth-order valence-electron chi connectivity index (χ4n) is 2.44. The predicted octanol–water partition coefficient (Wildman–Crippen LogP) is 3.93. The lowest BCUT2D eigenvalue weighted by atomic mass is 10.2. The molecule has 1 aromatic heterocycles. The van der Waals surface area contributed by atoms with Crippen LogP contribution in [0.1, 0.15) is 11.3 Å². The van der Waals surface area contributed by atoms with Crippen LogP contribution in [0.5, 0.6) is 0 Å². The highest BCUT2D eigenvalue weighted by Crippen LogP contribution is 2.27. The van der Waals surface area contributed by atoms with Crippen molar-refractivity contribution in [1.29, 1.82) is 0 Å². The summed E-state index contributed by atoms with van der Waals surface area (Å²) in [7, 11) is -3.65. The van der Waals surface area contributed by atoms with Crippen LogP contribution in [-0.4, -0.2) is 12.4 Å². The van der Waals surface area contributed by atoms with E-state index in [-0.39, 0.29) is 10.8 Å². The van der Waals surface area contributed by atoms with Gasteiger partial charge < -0.3 is 0 Å². The van der Waals surface area contributed by atoms with Crippen LogP contribution in [-0.2, 0) is 15.9 Å². The summed E-state index contributed by atoms with van der Waals surface area (Å²) in [6.07, 6.45) is 0. The summed E-state index contributed by atoms with van der Waals surface area (Å²) in [6, 6.07) is 15.9. The Morgan fingerprint density at radius 2 is 1.76 bits per heavy atom. The predicted molar refractivity (Wildman–Crippen MR) is 85.3 cm³/mol. The molecule has 5 heteroatoms. The molecule has 0 aliphatic carbocycles. The van der Waals surface area contributed by atoms with Crippen molar-refractivity contribution < 1.29 is 8.42 Å². The molecule has 3 aromatic rings. The Morgan fingerprint density at radius 3 is 2.43 bits per heavy atom. The fraction of sp³-hybridized carbons (Fsp3) is 0.125. The lowest BCUT2D eigenvalue weighted by Gasteiger charge is -2.10. The highest BCUT2D eigenvalue weighted by atomic mass is 35.5. The van der Waals surface area contributed by atoms with E-state index >= 15 is 0 Å². The van der Waals surface area contributed by atoms with E-state index in [0.717, 1.165) is 10.9 Å². The number of hydrogen-bond acceptors (Lipinski definition) is 2. The molecule has 21 heavy (non-hydrogen) atoms. The van der Waals surface area contributed by atoms with Crippen molar-refractivity contribution in [1.82, 2.24) is 3.97 Å². The smallest absolute Gasteiger partial charge is 0.237 e. The number of nitrogens with zero attached hydrogens (tertiary/aromatic N) is 1. The van der Waals surface area contributed by atoms with Gasteiger partial charge in [0.1, 0.15) is 0 Å². The molecular weight excluding hydrogens is 306 g/mol. The van der Waals surface area contributed by atoms with E-state index in [4.69, 9.17) is 11.6 Å². The first-order chi connectivity index (χ1) is 10.0. The van der Waals surface area contributed by atoms with Crippen LogP contribution in [0.4, 0.5) is 0 Å². The van der Waals surface area contributed by atoms with E-state index in [1.165, 1.54) is 3.97 Å². The van der Waals surface area contributed by atoms with Crippen molar-refractivity contribution in [2.45, 2.75) is 17.7 Å². The Hall–Kier alpha value is -1.78. The first-order valence-electron chi connectivity index (χ1n) is 6.51. The van der Waals surface area contributed by atoms with Gasteiger partial charge in [0, 0.05) is 5.39 Å². The molecule has 0 amide bonds. The largest absolute Gasteiger partial charge is 0.268 e. The van der Waals surface area contributed by atoms with Gasteiger partial charge in [-0.3, -0.25) is 0 Å². The molecule has 0 fully saturated rings. The zero-order chi connectivity index (χ0) is 15.0. The second kappa shape index (κ2) is 5.20. The van der Waals surface area contributed by atoms with E-state index in [9.17, 15) is 8.42 Å². The Morgan fingerprint density at radius 1 is 1.05 bits per heavy atom. The average molecular weight is 320 g/mol. The Balaban J connectivity index is 2.34. The maximum Gasteiger partial charge on any atom is 0.268 e. The molecule has 0 saturated heterocycles. The molecule has 0 unspecified atom stereocenters. The summed E-state index contributed by atoms with van der Waals surface area (Å²) in [4.78, 5) is 0.259. The number of fused-ring (bicyclic) bond motifs is 1. The molecule has 0 aliphatic heterocycles. The third-order valence-corrected chi connectivity index (χ3v) is 5.46. The van der Waals surface area contributed by atoms with Crippen LogP contribution in [0.3, 0.4) is 0 Å². The van der Waals surface area contributed by atoms with E-state index in [1.54, 1.807) is 30.3 Å². The average Bonchev–Trinajstić information content (AvgIpc) is 2.86. The van der Waals surface area contributed by atoms with E-state index in [0.29, 0.717) is 11.2 Å². The quantitative estimate of drug-likeness (QED) is 0.686. The lowest BCUT2D eigenvalue weighted by Crippen LogP contribution is -2.15. The van der Waals surface area contributed by atoms with Gasteiger partial charge in [-0.2, -0.15) is 0 Å². The highest BCUT2D eigenvalue weighted by Gasteiger charge is 2.22. The molecule has 0 radical (unpaired) electrons. The van der Waals surface area contributed by atoms with Gasteiger partial charge in [-0.05, 0) is 37.3 Å². The van der Waals surface area contributed by atoms with Gasteiger partial charge in [0.05, 0.1) is 22.0 Å². The summed E-state index contributed by atoms with van der Waals surface area (Å²) in [5, 5.41) is 0.880. The minimum Gasteiger partial charge on any atom is -0.237 e. The highest BCUT2D eigenvalue weighted by molar-refractivity contribution is 7.90. The van der Waals surface area contributed by atoms with Crippen LogP contribution in [0, 0.1) is 6.92 Å². The van der Waals surface area contributed by atoms with Gasteiger partial charge in [-0.25, -0.2) is 12.4 Å². The number of aryl methyl sites for hydroxylation is 1. The van der Waals surface area contributed by atoms with Crippen LogP contribution in [0.25, 0.3) is 10.9 Å². The van der Waals surface area contributed by atoms with Gasteiger partial charge in [-0.1, -0.05) is 29.8 Å². The summed E-state index contributed by atoms with van der Waals surface area (Å²) in [5.41, 5.74) is 2.30. The topological polar surface area (TPSA) is 39.1 Å². The van der Waals surface area contributed by atoms with Crippen LogP contribution in [0.2, 0.25) is 0 Å². The molecule has 0 bridgehead atoms. The Bertz CT molecular complexity index is 899. The summed E-state index contributed by atoms with van der Waals surface area (Å²) in [6.45, 7) is 1.98. The summed E-state index contributed by atoms with van der Waals surface area (Å²) >= 11 is 5.95. The van der Waals surface area contributed by atoms with Crippen LogP contribution >= 0.6 is 11.6 Å². The van der Waals surface area contributed by atoms with Gasteiger partial charge in [-0.15, -0.1) is 11.6 Å². The zero-order valence-corrected chi connectivity index (χ0v) is 13.0. The molecule has 0 saturated carbocycles. The monoisotopic (exact) mass is 319 g/mol. The van der Waals surface area contributed by atoms with Gasteiger partial charge in [0.15, 0.2) is 0 Å². The second-order valence-electron chi connectivity index (χ2n) is 4.91. The second-order valence-corrected chi connectivity index (χ2v) is 6.97. The van der Waals surface area contributed by atoms with Crippen molar-refractivity contribution in [3.63, 3.8) is 0 Å². The number of benzene rings is 2. The standard InChI is InChI=1S/C16H14ClNO2S/c1-12-7-8-16-13(9-12)10-14(11-17)18(16)21(19,20)15-5-3-2-4-6-15/h2-10H,11H2,1H3. The van der Waals surface area contributed by atoms with Gasteiger partial charge in [0.2, 0.25) is 0 Å². The molecule has 2 aromatic carbocycles. The van der Waals surface area contributed by atoms with Crippen molar-refractivity contribution in [2.24, 2.45) is 0 Å². The molecule has 3 nitrogen and oxygen atoms in total. The third kappa shape index (κ3) is 2.34. The summed E-state index contributed by atoms with van der Waals surface area (Å²) < 4.78 is 27.1. The minimum absolute atomic E-state index is 0.139. The van der Waals surface area contributed by atoms with Crippen molar-refractivity contribution in [3.05, 3.63) is 65.9 Å². The maximum atomic E-state index is 12.9. The molecule has 0 aliphatic rings. The zero-order valence-electron chi connectivity index (χ0n) is 11.5.